The van der Waals surface area contributed by atoms with Crippen LogP contribution in [0.25, 0.3) is 0 Å². The quantitative estimate of drug-likeness (QED) is 0.663. The van der Waals surface area contributed by atoms with Crippen molar-refractivity contribution in [1.29, 1.82) is 0 Å². The molecule has 0 aromatic heterocycles. The molecule has 1 saturated heterocycles. The van der Waals surface area contributed by atoms with Gasteiger partial charge in [-0.15, -0.1) is 11.8 Å². The molecule has 1 fully saturated rings. The minimum Gasteiger partial charge on any atom is -0.339 e. The molecule has 0 aliphatic carbocycles. The summed E-state index contributed by atoms with van der Waals surface area (Å²) in [6.45, 7) is 3.07. The fraction of sp³-hybridized carbons (Fsp3) is 0.350. The van der Waals surface area contributed by atoms with E-state index in [4.69, 9.17) is 11.6 Å². The van der Waals surface area contributed by atoms with Crippen LogP contribution in [0.3, 0.4) is 0 Å². The maximum absolute atomic E-state index is 13.4. The lowest BCUT2D eigenvalue weighted by atomic mass is 10.2. The lowest BCUT2D eigenvalue weighted by molar-refractivity contribution is -0.129. The number of amides is 1. The zero-order chi connectivity index (χ0) is 21.0. The molecule has 9 heteroatoms. The van der Waals surface area contributed by atoms with Gasteiger partial charge in [0.1, 0.15) is 5.82 Å². The summed E-state index contributed by atoms with van der Waals surface area (Å²) in [7, 11) is -3.76. The van der Waals surface area contributed by atoms with Crippen LogP contribution in [0.5, 0.6) is 0 Å². The maximum Gasteiger partial charge on any atom is 0.243 e. The van der Waals surface area contributed by atoms with E-state index in [9.17, 15) is 17.6 Å². The Hall–Kier alpha value is -1.61. The molecule has 1 heterocycles. The Bertz CT molecular complexity index is 962. The monoisotopic (exact) mass is 456 g/mol. The summed E-state index contributed by atoms with van der Waals surface area (Å²) in [5, 5.41) is 0.818. The lowest BCUT2D eigenvalue weighted by Crippen LogP contribution is -2.51. The van der Waals surface area contributed by atoms with Crippen LogP contribution < -0.4 is 0 Å². The molecular weight excluding hydrogens is 435 g/mol. The summed E-state index contributed by atoms with van der Waals surface area (Å²) in [5.74, 6) is -0.286. The summed E-state index contributed by atoms with van der Waals surface area (Å²) in [5.41, 5.74) is 1.10. The Balaban J connectivity index is 1.52. The van der Waals surface area contributed by atoms with E-state index in [1.807, 2.05) is 31.2 Å². The average Bonchev–Trinajstić information content (AvgIpc) is 2.72. The van der Waals surface area contributed by atoms with Gasteiger partial charge in [0.15, 0.2) is 0 Å². The predicted octanol–water partition coefficient (Wildman–Crippen LogP) is 3.81. The van der Waals surface area contributed by atoms with Gasteiger partial charge in [-0.05, 0) is 42.8 Å². The molecule has 156 valence electrons. The van der Waals surface area contributed by atoms with E-state index < -0.39 is 15.8 Å². The Morgan fingerprint density at radius 3 is 2.41 bits per heavy atom. The first-order valence-electron chi connectivity index (χ1n) is 9.18. The van der Waals surface area contributed by atoms with Gasteiger partial charge in [0, 0.05) is 36.5 Å². The average molecular weight is 457 g/mol. The molecule has 0 bridgehead atoms. The van der Waals surface area contributed by atoms with Crippen molar-refractivity contribution in [3.05, 3.63) is 64.9 Å². The number of carbonyl (C=O) groups is 1. The molecule has 1 aliphatic heterocycles. The van der Waals surface area contributed by atoms with Gasteiger partial charge >= 0.3 is 0 Å². The molecule has 0 spiro atoms. The molecular formula is C20H22ClFN2O3S2. The molecule has 5 nitrogen and oxygen atoms in total. The minimum atomic E-state index is -3.76. The van der Waals surface area contributed by atoms with Crippen LogP contribution in [0.1, 0.15) is 17.7 Å². The number of piperazine rings is 1. The topological polar surface area (TPSA) is 57.7 Å². The van der Waals surface area contributed by atoms with E-state index in [2.05, 4.69) is 0 Å². The number of carbonyl (C=O) groups excluding carboxylic acids is 1. The molecule has 0 radical (unpaired) electrons. The molecule has 2 aromatic rings. The Kier molecular flexibility index (Phi) is 7.21. The highest BCUT2D eigenvalue weighted by molar-refractivity contribution is 8.00. The van der Waals surface area contributed by atoms with Gasteiger partial charge in [-0.25, -0.2) is 12.8 Å². The minimum absolute atomic E-state index is 0.0152. The zero-order valence-corrected chi connectivity index (χ0v) is 18.3. The predicted molar refractivity (Wildman–Crippen MR) is 114 cm³/mol. The van der Waals surface area contributed by atoms with Crippen LogP contribution in [0, 0.1) is 5.82 Å². The number of benzene rings is 2. The van der Waals surface area contributed by atoms with E-state index in [0.29, 0.717) is 23.9 Å². The summed E-state index contributed by atoms with van der Waals surface area (Å²) in [6, 6.07) is 12.5. The molecule has 29 heavy (non-hydrogen) atoms. The second kappa shape index (κ2) is 9.47. The SMILES string of the molecule is CC(SCC(=O)N1CCN(S(=O)(=O)c2cccc(F)c2)CC1)c1ccc(Cl)cc1. The summed E-state index contributed by atoms with van der Waals surface area (Å²) >= 11 is 7.44. The number of sulfonamides is 1. The van der Waals surface area contributed by atoms with E-state index in [0.717, 1.165) is 11.6 Å². The van der Waals surface area contributed by atoms with Crippen molar-refractivity contribution in [2.75, 3.05) is 31.9 Å². The van der Waals surface area contributed by atoms with Crippen molar-refractivity contribution < 1.29 is 17.6 Å². The summed E-state index contributed by atoms with van der Waals surface area (Å²) in [4.78, 5) is 14.1. The highest BCUT2D eigenvalue weighted by atomic mass is 35.5. The second-order valence-electron chi connectivity index (χ2n) is 6.75. The van der Waals surface area contributed by atoms with Gasteiger partial charge in [-0.3, -0.25) is 4.79 Å². The van der Waals surface area contributed by atoms with E-state index in [1.54, 1.807) is 4.90 Å². The Morgan fingerprint density at radius 1 is 1.14 bits per heavy atom. The number of nitrogens with zero attached hydrogens (tertiary/aromatic N) is 2. The first kappa shape index (κ1) is 22.1. The third kappa shape index (κ3) is 5.51. The molecule has 2 aromatic carbocycles. The first-order valence-corrected chi connectivity index (χ1v) is 12.0. The molecule has 1 unspecified atom stereocenters. The smallest absolute Gasteiger partial charge is 0.243 e. The van der Waals surface area contributed by atoms with Crippen LogP contribution in [-0.2, 0) is 14.8 Å². The standard InChI is InChI=1S/C20H22ClFN2O3S2/c1-15(16-5-7-17(21)8-6-16)28-14-20(25)23-9-11-24(12-10-23)29(26,27)19-4-2-3-18(22)13-19/h2-8,13,15H,9-12,14H2,1H3. The van der Waals surface area contributed by atoms with Gasteiger partial charge in [-0.2, -0.15) is 4.31 Å². The van der Waals surface area contributed by atoms with Crippen LogP contribution in [0.2, 0.25) is 5.02 Å². The number of halogens is 2. The van der Waals surface area contributed by atoms with Crippen LogP contribution >= 0.6 is 23.4 Å². The highest BCUT2D eigenvalue weighted by Gasteiger charge is 2.30. The molecule has 1 amide bonds. The fourth-order valence-electron chi connectivity index (χ4n) is 3.07. The normalized spacial score (nSPS) is 16.6. The fourth-order valence-corrected chi connectivity index (χ4v) is 5.58. The number of thioether (sulfide) groups is 1. The first-order chi connectivity index (χ1) is 13.8. The molecule has 0 N–H and O–H groups in total. The van der Waals surface area contributed by atoms with Crippen molar-refractivity contribution in [2.24, 2.45) is 0 Å². The molecule has 1 atom stereocenters. The largest absolute Gasteiger partial charge is 0.339 e. The molecule has 0 saturated carbocycles. The van der Waals surface area contributed by atoms with Gasteiger partial charge in [0.05, 0.1) is 10.6 Å². The van der Waals surface area contributed by atoms with Gasteiger partial charge in [-0.1, -0.05) is 29.8 Å². The van der Waals surface area contributed by atoms with Gasteiger partial charge in [0.2, 0.25) is 15.9 Å². The Labute approximate surface area is 179 Å². The van der Waals surface area contributed by atoms with Gasteiger partial charge < -0.3 is 4.90 Å². The third-order valence-corrected chi connectivity index (χ3v) is 8.15. The number of hydrogen-bond donors (Lipinski definition) is 0. The zero-order valence-electron chi connectivity index (χ0n) is 15.9. The number of hydrogen-bond acceptors (Lipinski definition) is 4. The van der Waals surface area contributed by atoms with Crippen LogP contribution in [0.15, 0.2) is 53.4 Å². The molecule has 3 rings (SSSR count). The third-order valence-electron chi connectivity index (χ3n) is 4.82. The highest BCUT2D eigenvalue weighted by Crippen LogP contribution is 2.29. The second-order valence-corrected chi connectivity index (χ2v) is 10.5. The van der Waals surface area contributed by atoms with Crippen molar-refractivity contribution in [3.8, 4) is 0 Å². The summed E-state index contributed by atoms with van der Waals surface area (Å²) < 4.78 is 40.0. The van der Waals surface area contributed by atoms with E-state index in [-0.39, 0.29) is 29.1 Å². The van der Waals surface area contributed by atoms with E-state index in [1.165, 1.54) is 34.3 Å². The Morgan fingerprint density at radius 2 is 1.79 bits per heavy atom. The maximum atomic E-state index is 13.4. The van der Waals surface area contributed by atoms with Crippen molar-refractivity contribution in [3.63, 3.8) is 0 Å². The van der Waals surface area contributed by atoms with Crippen LogP contribution in [-0.4, -0.2) is 55.5 Å². The van der Waals surface area contributed by atoms with Crippen molar-refractivity contribution in [2.45, 2.75) is 17.1 Å². The van der Waals surface area contributed by atoms with Crippen molar-refractivity contribution in [1.82, 2.24) is 9.21 Å². The number of rotatable bonds is 6. The van der Waals surface area contributed by atoms with E-state index >= 15 is 0 Å². The summed E-state index contributed by atoms with van der Waals surface area (Å²) in [6.07, 6.45) is 0. The lowest BCUT2D eigenvalue weighted by Gasteiger charge is -2.34. The van der Waals surface area contributed by atoms with Crippen LogP contribution in [0.4, 0.5) is 4.39 Å². The van der Waals surface area contributed by atoms with Crippen molar-refractivity contribution >= 4 is 39.3 Å². The molecule has 1 aliphatic rings. The van der Waals surface area contributed by atoms with Gasteiger partial charge in [0.25, 0.3) is 0 Å².